The molecule has 0 aromatic heterocycles. The molecule has 0 bridgehead atoms. The molecule has 2 aromatic carbocycles. The van der Waals surface area contributed by atoms with E-state index in [2.05, 4.69) is 0 Å². The van der Waals surface area contributed by atoms with Crippen LogP contribution in [0.2, 0.25) is 0 Å². The Morgan fingerprint density at radius 3 is 2.17 bits per heavy atom. The zero-order valence-corrected chi connectivity index (χ0v) is 12.8. The van der Waals surface area contributed by atoms with E-state index in [0.29, 0.717) is 11.3 Å². The summed E-state index contributed by atoms with van der Waals surface area (Å²) in [7, 11) is 1.56. The predicted molar refractivity (Wildman–Crippen MR) is 85.8 cm³/mol. The van der Waals surface area contributed by atoms with Crippen LogP contribution in [0.1, 0.15) is 28.3 Å². The zero-order chi connectivity index (χ0) is 16.7. The first kappa shape index (κ1) is 16.3. The molecule has 114 valence electrons. The summed E-state index contributed by atoms with van der Waals surface area (Å²) in [6.07, 6.45) is 0.113. The van der Waals surface area contributed by atoms with Crippen molar-refractivity contribution in [2.45, 2.75) is 12.3 Å². The van der Waals surface area contributed by atoms with Crippen LogP contribution in [0.25, 0.3) is 0 Å². The normalized spacial score (nSPS) is 11.3. The highest BCUT2D eigenvalue weighted by molar-refractivity contribution is 5.96. The van der Waals surface area contributed by atoms with Crippen molar-refractivity contribution in [3.8, 4) is 17.9 Å². The number of nitrogens with zero attached hydrogens (tertiary/aromatic N) is 2. The topological polar surface area (TPSA) is 73.9 Å². The molecular formula is C19H16N2O2. The first-order valence-corrected chi connectivity index (χ1v) is 7.21. The van der Waals surface area contributed by atoms with Crippen LogP contribution in [0.15, 0.2) is 54.6 Å². The molecule has 0 aliphatic heterocycles. The Bertz CT molecular complexity index is 726. The zero-order valence-electron chi connectivity index (χ0n) is 12.8. The van der Waals surface area contributed by atoms with E-state index in [4.69, 9.17) is 4.74 Å². The minimum Gasteiger partial charge on any atom is -0.497 e. The maximum Gasteiger partial charge on any atom is 0.163 e. The Labute approximate surface area is 135 Å². The van der Waals surface area contributed by atoms with Gasteiger partial charge in [-0.2, -0.15) is 10.5 Å². The van der Waals surface area contributed by atoms with Crippen molar-refractivity contribution in [3.63, 3.8) is 0 Å². The maximum absolute atomic E-state index is 12.5. The van der Waals surface area contributed by atoms with Crippen LogP contribution in [0.4, 0.5) is 0 Å². The summed E-state index contributed by atoms with van der Waals surface area (Å²) in [6, 6.07) is 20.0. The number of carbonyl (C=O) groups is 1. The number of rotatable bonds is 6. The monoisotopic (exact) mass is 304 g/mol. The molecule has 0 radical (unpaired) electrons. The molecule has 0 N–H and O–H groups in total. The average molecular weight is 304 g/mol. The molecule has 0 saturated heterocycles. The standard InChI is InChI=1S/C19H16N2O2/c1-23-17-9-7-15(8-10-17)19(22)11-18(16(12-20)13-21)14-5-3-2-4-6-14/h2-10,16,18H,11H2,1H3/t18-/m0/s1. The molecule has 1 atom stereocenters. The van der Waals surface area contributed by atoms with Crippen molar-refractivity contribution >= 4 is 5.78 Å². The molecule has 2 aromatic rings. The molecule has 4 heteroatoms. The van der Waals surface area contributed by atoms with Crippen LogP contribution in [-0.4, -0.2) is 12.9 Å². The highest BCUT2D eigenvalue weighted by Crippen LogP contribution is 2.29. The van der Waals surface area contributed by atoms with Crippen LogP contribution < -0.4 is 4.74 Å². The maximum atomic E-state index is 12.5. The Kier molecular flexibility index (Phi) is 5.50. The second-order valence-corrected chi connectivity index (χ2v) is 5.11. The fraction of sp³-hybridized carbons (Fsp3) is 0.211. The van der Waals surface area contributed by atoms with Gasteiger partial charge in [0, 0.05) is 17.9 Å². The van der Waals surface area contributed by atoms with Crippen LogP contribution in [-0.2, 0) is 0 Å². The largest absolute Gasteiger partial charge is 0.497 e. The van der Waals surface area contributed by atoms with E-state index in [-0.39, 0.29) is 12.2 Å². The van der Waals surface area contributed by atoms with Crippen LogP contribution in [0.3, 0.4) is 0 Å². The fourth-order valence-corrected chi connectivity index (χ4v) is 2.43. The van der Waals surface area contributed by atoms with Crippen LogP contribution in [0, 0.1) is 28.6 Å². The number of ketones is 1. The van der Waals surface area contributed by atoms with Gasteiger partial charge in [-0.05, 0) is 29.8 Å². The van der Waals surface area contributed by atoms with Crippen molar-refractivity contribution in [3.05, 3.63) is 65.7 Å². The van der Waals surface area contributed by atoms with Crippen LogP contribution in [0.5, 0.6) is 5.75 Å². The Balaban J connectivity index is 2.25. The predicted octanol–water partition coefficient (Wildman–Crippen LogP) is 3.72. The molecule has 0 heterocycles. The summed E-state index contributed by atoms with van der Waals surface area (Å²) in [6.45, 7) is 0. The van der Waals surface area contributed by atoms with E-state index in [9.17, 15) is 15.3 Å². The van der Waals surface area contributed by atoms with E-state index >= 15 is 0 Å². The third-order valence-corrected chi connectivity index (χ3v) is 3.73. The quantitative estimate of drug-likeness (QED) is 0.762. The van der Waals surface area contributed by atoms with Gasteiger partial charge in [0.15, 0.2) is 5.78 Å². The lowest BCUT2D eigenvalue weighted by molar-refractivity contribution is 0.0971. The van der Waals surface area contributed by atoms with Crippen molar-refractivity contribution in [1.82, 2.24) is 0 Å². The molecule has 0 aliphatic rings. The van der Waals surface area contributed by atoms with Gasteiger partial charge < -0.3 is 4.74 Å². The number of ether oxygens (including phenoxy) is 1. The van der Waals surface area contributed by atoms with E-state index < -0.39 is 11.8 Å². The highest BCUT2D eigenvalue weighted by atomic mass is 16.5. The second kappa shape index (κ2) is 7.77. The number of benzene rings is 2. The fourth-order valence-electron chi connectivity index (χ4n) is 2.43. The van der Waals surface area contributed by atoms with Gasteiger partial charge in [0.25, 0.3) is 0 Å². The van der Waals surface area contributed by atoms with Crippen molar-refractivity contribution < 1.29 is 9.53 Å². The van der Waals surface area contributed by atoms with Gasteiger partial charge in [0.2, 0.25) is 0 Å². The number of Topliss-reactive ketones (excluding diaryl/α,β-unsaturated/α-hetero) is 1. The highest BCUT2D eigenvalue weighted by Gasteiger charge is 2.26. The summed E-state index contributed by atoms with van der Waals surface area (Å²) in [4.78, 5) is 12.5. The molecule has 0 fully saturated rings. The van der Waals surface area contributed by atoms with Crippen LogP contribution >= 0.6 is 0 Å². The molecule has 0 unspecified atom stereocenters. The van der Waals surface area contributed by atoms with Gasteiger partial charge in [0.1, 0.15) is 11.7 Å². The molecule has 4 nitrogen and oxygen atoms in total. The molecule has 0 amide bonds. The summed E-state index contributed by atoms with van der Waals surface area (Å²) >= 11 is 0. The summed E-state index contributed by atoms with van der Waals surface area (Å²) in [5.74, 6) is -0.731. The lowest BCUT2D eigenvalue weighted by Gasteiger charge is -2.17. The number of hydrogen-bond donors (Lipinski definition) is 0. The number of carbonyl (C=O) groups excluding carboxylic acids is 1. The smallest absolute Gasteiger partial charge is 0.163 e. The molecule has 23 heavy (non-hydrogen) atoms. The minimum absolute atomic E-state index is 0.1000. The SMILES string of the molecule is COc1ccc(C(=O)C[C@@H](c2ccccc2)C(C#N)C#N)cc1. The van der Waals surface area contributed by atoms with E-state index in [1.807, 2.05) is 42.5 Å². The molecular weight excluding hydrogens is 288 g/mol. The van der Waals surface area contributed by atoms with Gasteiger partial charge in [-0.1, -0.05) is 30.3 Å². The van der Waals surface area contributed by atoms with Crippen molar-refractivity contribution in [2.24, 2.45) is 5.92 Å². The van der Waals surface area contributed by atoms with Crippen molar-refractivity contribution in [2.75, 3.05) is 7.11 Å². The Morgan fingerprint density at radius 2 is 1.65 bits per heavy atom. The lowest BCUT2D eigenvalue weighted by Crippen LogP contribution is -2.15. The first-order valence-electron chi connectivity index (χ1n) is 7.21. The Morgan fingerprint density at radius 1 is 1.04 bits per heavy atom. The first-order chi connectivity index (χ1) is 11.2. The third-order valence-electron chi connectivity index (χ3n) is 3.73. The van der Waals surface area contributed by atoms with Gasteiger partial charge in [-0.25, -0.2) is 0 Å². The van der Waals surface area contributed by atoms with Gasteiger partial charge >= 0.3 is 0 Å². The van der Waals surface area contributed by atoms with Gasteiger partial charge in [-0.3, -0.25) is 4.79 Å². The van der Waals surface area contributed by atoms with E-state index in [0.717, 1.165) is 5.56 Å². The van der Waals surface area contributed by atoms with E-state index in [1.54, 1.807) is 31.4 Å². The summed E-state index contributed by atoms with van der Waals surface area (Å²) < 4.78 is 5.07. The minimum atomic E-state index is -0.861. The van der Waals surface area contributed by atoms with Gasteiger partial charge in [-0.15, -0.1) is 0 Å². The third kappa shape index (κ3) is 3.96. The molecule has 0 spiro atoms. The van der Waals surface area contributed by atoms with Gasteiger partial charge in [0.05, 0.1) is 19.2 Å². The molecule has 0 saturated carbocycles. The lowest BCUT2D eigenvalue weighted by atomic mass is 9.83. The molecule has 2 rings (SSSR count). The number of nitriles is 2. The summed E-state index contributed by atoms with van der Waals surface area (Å²) in [5.41, 5.74) is 1.36. The van der Waals surface area contributed by atoms with E-state index in [1.165, 1.54) is 0 Å². The second-order valence-electron chi connectivity index (χ2n) is 5.11. The molecule has 0 aliphatic carbocycles. The summed E-state index contributed by atoms with van der Waals surface area (Å²) in [5, 5.41) is 18.4. The van der Waals surface area contributed by atoms with Crippen molar-refractivity contribution in [1.29, 1.82) is 10.5 Å². The Hall–Kier alpha value is -3.11. The average Bonchev–Trinajstić information content (AvgIpc) is 2.62. The number of methoxy groups -OCH3 is 1. The number of hydrogen-bond acceptors (Lipinski definition) is 4.